The zero-order valence-electron chi connectivity index (χ0n) is 9.76. The largest absolute Gasteiger partial charge is 0.293 e. The van der Waals surface area contributed by atoms with Crippen molar-refractivity contribution in [2.75, 3.05) is 23.5 Å². The van der Waals surface area contributed by atoms with Gasteiger partial charge in [-0.05, 0) is 12.1 Å². The molecular formula is C11H13BrO4S2. The van der Waals surface area contributed by atoms with E-state index in [1.165, 1.54) is 0 Å². The molecule has 1 aromatic rings. The lowest BCUT2D eigenvalue weighted by atomic mass is 10.2. The van der Waals surface area contributed by atoms with Gasteiger partial charge in [0.25, 0.3) is 0 Å². The molecule has 1 aromatic carbocycles. The minimum Gasteiger partial charge on any atom is -0.293 e. The van der Waals surface area contributed by atoms with Crippen LogP contribution in [0.15, 0.2) is 28.7 Å². The average molecular weight is 353 g/mol. The molecule has 0 fully saturated rings. The van der Waals surface area contributed by atoms with Crippen molar-refractivity contribution in [1.29, 1.82) is 0 Å². The number of hydrogen-bond donors (Lipinski definition) is 0. The number of rotatable bonds is 6. The fourth-order valence-corrected chi connectivity index (χ4v) is 4.00. The fourth-order valence-electron chi connectivity index (χ4n) is 1.18. The molecule has 1 rings (SSSR count). The molecule has 1 atom stereocenters. The number of sulfone groups is 1. The fraction of sp³-hybridized carbons (Fsp3) is 0.364. The van der Waals surface area contributed by atoms with Crippen LogP contribution in [-0.4, -0.2) is 41.9 Å². The second kappa shape index (κ2) is 6.58. The van der Waals surface area contributed by atoms with Crippen molar-refractivity contribution in [2.24, 2.45) is 0 Å². The molecule has 1 unspecified atom stereocenters. The lowest BCUT2D eigenvalue weighted by molar-refractivity contribution is 0.102. The van der Waals surface area contributed by atoms with E-state index in [4.69, 9.17) is 0 Å². The second-order valence-electron chi connectivity index (χ2n) is 3.85. The molecule has 0 amide bonds. The van der Waals surface area contributed by atoms with Gasteiger partial charge in [-0.2, -0.15) is 0 Å². The Bertz CT molecular complexity index is 549. The lowest BCUT2D eigenvalue weighted by Gasteiger charge is -2.02. The van der Waals surface area contributed by atoms with E-state index in [0.29, 0.717) is 5.56 Å². The first kappa shape index (κ1) is 15.5. The van der Waals surface area contributed by atoms with Gasteiger partial charge in [-0.3, -0.25) is 9.00 Å². The number of hydrogen-bond acceptors (Lipinski definition) is 4. The molecule has 7 heteroatoms. The van der Waals surface area contributed by atoms with Crippen LogP contribution in [-0.2, 0) is 20.6 Å². The normalized spacial score (nSPS) is 13.2. The van der Waals surface area contributed by atoms with E-state index in [9.17, 15) is 17.4 Å². The minimum absolute atomic E-state index is 0.00109. The lowest BCUT2D eigenvalue weighted by Crippen LogP contribution is -2.18. The second-order valence-corrected chi connectivity index (χ2v) is 8.60. The molecule has 0 N–H and O–H groups in total. The predicted octanol–water partition coefficient (Wildman–Crippen LogP) is 1.43. The van der Waals surface area contributed by atoms with Crippen molar-refractivity contribution >= 4 is 42.4 Å². The van der Waals surface area contributed by atoms with Gasteiger partial charge >= 0.3 is 0 Å². The highest BCUT2D eigenvalue weighted by Gasteiger charge is 2.12. The summed E-state index contributed by atoms with van der Waals surface area (Å²) in [7, 11) is -4.58. The van der Waals surface area contributed by atoms with Gasteiger partial charge in [-0.25, -0.2) is 8.42 Å². The van der Waals surface area contributed by atoms with Crippen molar-refractivity contribution in [2.45, 2.75) is 0 Å². The molecular weight excluding hydrogens is 340 g/mol. The first-order valence-corrected chi connectivity index (χ1v) is 9.43. The van der Waals surface area contributed by atoms with E-state index >= 15 is 0 Å². The summed E-state index contributed by atoms with van der Waals surface area (Å²) >= 11 is 3.25. The first-order valence-electron chi connectivity index (χ1n) is 5.09. The standard InChI is InChI=1S/C11H13BrO4S2/c1-18(15,16)7-6-17(14)8-11(13)9-2-4-10(12)5-3-9/h2-5H,6-8H2,1H3. The molecule has 0 radical (unpaired) electrons. The molecule has 0 aliphatic carbocycles. The third-order valence-electron chi connectivity index (χ3n) is 2.14. The monoisotopic (exact) mass is 352 g/mol. The van der Waals surface area contributed by atoms with E-state index in [1.807, 2.05) is 0 Å². The van der Waals surface area contributed by atoms with Crippen molar-refractivity contribution < 1.29 is 17.4 Å². The van der Waals surface area contributed by atoms with E-state index in [1.54, 1.807) is 24.3 Å². The number of carbonyl (C=O) groups excluding carboxylic acids is 1. The van der Waals surface area contributed by atoms with Crippen LogP contribution in [0.5, 0.6) is 0 Å². The number of Topliss-reactive ketones (excluding diaryl/α,β-unsaturated/α-hetero) is 1. The van der Waals surface area contributed by atoms with Crippen molar-refractivity contribution in [3.05, 3.63) is 34.3 Å². The Morgan fingerprint density at radius 2 is 1.83 bits per heavy atom. The maximum atomic E-state index is 11.7. The van der Waals surface area contributed by atoms with Crippen LogP contribution in [0.4, 0.5) is 0 Å². The van der Waals surface area contributed by atoms with Gasteiger partial charge in [0.2, 0.25) is 0 Å². The van der Waals surface area contributed by atoms with Crippen LogP contribution >= 0.6 is 15.9 Å². The van der Waals surface area contributed by atoms with Gasteiger partial charge in [0.1, 0.15) is 9.84 Å². The first-order chi connectivity index (χ1) is 8.28. The van der Waals surface area contributed by atoms with Crippen LogP contribution in [0.1, 0.15) is 10.4 Å². The zero-order chi connectivity index (χ0) is 13.8. The highest BCUT2D eigenvalue weighted by Crippen LogP contribution is 2.11. The molecule has 0 saturated carbocycles. The summed E-state index contributed by atoms with van der Waals surface area (Å²) in [6, 6.07) is 6.74. The Hall–Kier alpha value is -0.530. The third-order valence-corrected chi connectivity index (χ3v) is 5.12. The number of benzene rings is 1. The molecule has 0 spiro atoms. The third kappa shape index (κ3) is 5.88. The average Bonchev–Trinajstić information content (AvgIpc) is 2.26. The van der Waals surface area contributed by atoms with Gasteiger partial charge in [0.15, 0.2) is 5.78 Å². The summed E-state index contributed by atoms with van der Waals surface area (Å²) in [4.78, 5) is 11.7. The molecule has 4 nitrogen and oxygen atoms in total. The number of carbonyl (C=O) groups is 1. The number of ketones is 1. The highest BCUT2D eigenvalue weighted by atomic mass is 79.9. The summed E-state index contributed by atoms with van der Waals surface area (Å²) in [5, 5.41) is 0. The number of halogens is 1. The highest BCUT2D eigenvalue weighted by molar-refractivity contribution is 9.10. The van der Waals surface area contributed by atoms with Gasteiger partial charge in [0.05, 0.1) is 11.5 Å². The SMILES string of the molecule is CS(=O)(=O)CCS(=O)CC(=O)c1ccc(Br)cc1. The van der Waals surface area contributed by atoms with Gasteiger partial charge in [-0.15, -0.1) is 0 Å². The van der Waals surface area contributed by atoms with E-state index in [2.05, 4.69) is 15.9 Å². The maximum Gasteiger partial charge on any atom is 0.175 e. The Balaban J connectivity index is 2.55. The van der Waals surface area contributed by atoms with Crippen LogP contribution in [0.2, 0.25) is 0 Å². The molecule has 0 saturated heterocycles. The summed E-state index contributed by atoms with van der Waals surface area (Å²) in [5.41, 5.74) is 0.478. The van der Waals surface area contributed by atoms with E-state index in [-0.39, 0.29) is 23.0 Å². The summed E-state index contributed by atoms with van der Waals surface area (Å²) in [6.07, 6.45) is 1.08. The van der Waals surface area contributed by atoms with Crippen LogP contribution in [0, 0.1) is 0 Å². The quantitative estimate of drug-likeness (QED) is 0.726. The smallest absolute Gasteiger partial charge is 0.175 e. The molecule has 0 heterocycles. The van der Waals surface area contributed by atoms with Crippen molar-refractivity contribution in [3.8, 4) is 0 Å². The maximum absolute atomic E-state index is 11.7. The molecule has 18 heavy (non-hydrogen) atoms. The van der Waals surface area contributed by atoms with Gasteiger partial charge < -0.3 is 0 Å². The van der Waals surface area contributed by atoms with Crippen LogP contribution < -0.4 is 0 Å². The van der Waals surface area contributed by atoms with E-state index < -0.39 is 20.6 Å². The Labute approximate surface area is 117 Å². The topological polar surface area (TPSA) is 68.3 Å². The minimum atomic E-state index is -3.14. The zero-order valence-corrected chi connectivity index (χ0v) is 13.0. The van der Waals surface area contributed by atoms with Crippen molar-refractivity contribution in [1.82, 2.24) is 0 Å². The Morgan fingerprint density at radius 3 is 2.33 bits per heavy atom. The molecule has 0 aliphatic heterocycles. The van der Waals surface area contributed by atoms with Gasteiger partial charge in [-0.1, -0.05) is 28.1 Å². The molecule has 0 bridgehead atoms. The summed E-state index contributed by atoms with van der Waals surface area (Å²) in [5.74, 6) is -0.541. The van der Waals surface area contributed by atoms with Crippen molar-refractivity contribution in [3.63, 3.8) is 0 Å². The van der Waals surface area contributed by atoms with Crippen LogP contribution in [0.3, 0.4) is 0 Å². The Morgan fingerprint density at radius 1 is 1.28 bits per heavy atom. The summed E-state index contributed by atoms with van der Waals surface area (Å²) < 4.78 is 34.2. The van der Waals surface area contributed by atoms with Crippen LogP contribution in [0.25, 0.3) is 0 Å². The molecule has 100 valence electrons. The Kier molecular flexibility index (Phi) is 5.68. The van der Waals surface area contributed by atoms with Gasteiger partial charge in [0, 0.05) is 32.8 Å². The molecule has 0 aliphatic rings. The van der Waals surface area contributed by atoms with E-state index in [0.717, 1.165) is 10.7 Å². The summed E-state index contributed by atoms with van der Waals surface area (Å²) in [6.45, 7) is 0. The predicted molar refractivity (Wildman–Crippen MR) is 76.1 cm³/mol. The molecule has 0 aromatic heterocycles.